The number of para-hydroxylation sites is 3. The number of piperidine rings is 1. The van der Waals surface area contributed by atoms with Crippen LogP contribution in [0.25, 0.3) is 0 Å². The Balaban J connectivity index is 1.45. The first kappa shape index (κ1) is 24.5. The number of amides is 1. The van der Waals surface area contributed by atoms with Crippen LogP contribution in [-0.2, 0) is 20.6 Å². The van der Waals surface area contributed by atoms with E-state index in [2.05, 4.69) is 5.32 Å². The molecule has 34 heavy (non-hydrogen) atoms. The predicted molar refractivity (Wildman–Crippen MR) is 135 cm³/mol. The maximum atomic E-state index is 13.1. The molecule has 9 heteroatoms. The van der Waals surface area contributed by atoms with Gasteiger partial charge >= 0.3 is 0 Å². The number of benzene rings is 3. The van der Waals surface area contributed by atoms with Crippen LogP contribution in [0.4, 0.5) is 5.69 Å². The number of anilines is 1. The number of hydrogen-bond acceptors (Lipinski definition) is 4. The van der Waals surface area contributed by atoms with Crippen molar-refractivity contribution in [2.75, 3.05) is 18.4 Å². The molecule has 0 radical (unpaired) electrons. The van der Waals surface area contributed by atoms with E-state index in [1.807, 2.05) is 36.4 Å². The standard InChI is InChI=1S/C25H24Cl2N2O4S/c26-21-11-6-12-22(27)20(21)17-34(31,32)29-15-7-8-18(16-29)25(30)28-23-13-4-5-14-24(23)33-19-9-2-1-3-10-19/h1-6,9-14,18H,7-8,15-17H2,(H,28,30)/t18-/m0/s1. The summed E-state index contributed by atoms with van der Waals surface area (Å²) in [7, 11) is -3.71. The van der Waals surface area contributed by atoms with Crippen molar-refractivity contribution >= 4 is 44.8 Å². The van der Waals surface area contributed by atoms with Gasteiger partial charge in [0.15, 0.2) is 5.75 Å². The van der Waals surface area contributed by atoms with E-state index in [1.165, 1.54) is 4.31 Å². The Hall–Kier alpha value is -2.58. The molecular weight excluding hydrogens is 495 g/mol. The zero-order valence-corrected chi connectivity index (χ0v) is 20.6. The molecule has 1 N–H and O–H groups in total. The molecule has 0 saturated carbocycles. The Kier molecular flexibility index (Phi) is 7.78. The van der Waals surface area contributed by atoms with Gasteiger partial charge in [-0.1, -0.05) is 59.6 Å². The first-order chi connectivity index (χ1) is 16.3. The van der Waals surface area contributed by atoms with Gasteiger partial charge in [0.05, 0.1) is 17.4 Å². The molecule has 178 valence electrons. The normalized spacial score (nSPS) is 16.7. The van der Waals surface area contributed by atoms with Crippen LogP contribution < -0.4 is 10.1 Å². The lowest BCUT2D eigenvalue weighted by atomic mass is 9.98. The van der Waals surface area contributed by atoms with Crippen molar-refractivity contribution in [3.63, 3.8) is 0 Å². The first-order valence-corrected chi connectivity index (χ1v) is 13.2. The van der Waals surface area contributed by atoms with Crippen LogP contribution in [0.2, 0.25) is 10.0 Å². The Morgan fingerprint density at radius 2 is 1.65 bits per heavy atom. The number of rotatable bonds is 7. The van der Waals surface area contributed by atoms with Gasteiger partial charge in [-0.25, -0.2) is 12.7 Å². The molecule has 0 aliphatic carbocycles. The molecule has 1 aliphatic heterocycles. The fraction of sp³-hybridized carbons (Fsp3) is 0.240. The van der Waals surface area contributed by atoms with Gasteiger partial charge in [0.25, 0.3) is 0 Å². The lowest BCUT2D eigenvalue weighted by Gasteiger charge is -2.31. The van der Waals surface area contributed by atoms with Gasteiger partial charge in [-0.05, 0) is 49.2 Å². The quantitative estimate of drug-likeness (QED) is 0.418. The Labute approximate surface area is 209 Å². The van der Waals surface area contributed by atoms with Crippen molar-refractivity contribution in [1.82, 2.24) is 4.31 Å². The maximum Gasteiger partial charge on any atom is 0.228 e. The van der Waals surface area contributed by atoms with E-state index in [1.54, 1.807) is 36.4 Å². The highest BCUT2D eigenvalue weighted by Gasteiger charge is 2.33. The molecule has 1 fully saturated rings. The van der Waals surface area contributed by atoms with Crippen molar-refractivity contribution in [2.45, 2.75) is 18.6 Å². The van der Waals surface area contributed by atoms with Crippen LogP contribution >= 0.6 is 23.2 Å². The van der Waals surface area contributed by atoms with Gasteiger partial charge in [0, 0.05) is 28.7 Å². The summed E-state index contributed by atoms with van der Waals surface area (Å²) in [6.45, 7) is 0.444. The monoisotopic (exact) mass is 518 g/mol. The van der Waals surface area contributed by atoms with Gasteiger partial charge in [-0.15, -0.1) is 0 Å². The van der Waals surface area contributed by atoms with Crippen LogP contribution in [0.15, 0.2) is 72.8 Å². The maximum absolute atomic E-state index is 13.1. The Morgan fingerprint density at radius 1 is 0.971 bits per heavy atom. The molecule has 1 atom stereocenters. The molecule has 6 nitrogen and oxygen atoms in total. The number of nitrogens with one attached hydrogen (secondary N) is 1. The third kappa shape index (κ3) is 5.91. The number of carbonyl (C=O) groups is 1. The van der Waals surface area contributed by atoms with Crippen LogP contribution in [0.5, 0.6) is 11.5 Å². The molecule has 0 unspecified atom stereocenters. The van der Waals surface area contributed by atoms with E-state index >= 15 is 0 Å². The largest absolute Gasteiger partial charge is 0.455 e. The predicted octanol–water partition coefficient (Wildman–Crippen LogP) is 5.97. The second-order valence-corrected chi connectivity index (χ2v) is 10.8. The van der Waals surface area contributed by atoms with Gasteiger partial charge in [-0.2, -0.15) is 0 Å². The van der Waals surface area contributed by atoms with Crippen LogP contribution in [-0.4, -0.2) is 31.7 Å². The number of nitrogens with zero attached hydrogens (tertiary/aromatic N) is 1. The second-order valence-electron chi connectivity index (χ2n) is 8.05. The summed E-state index contributed by atoms with van der Waals surface area (Å²) >= 11 is 12.3. The summed E-state index contributed by atoms with van der Waals surface area (Å²) in [5, 5.41) is 3.52. The van der Waals surface area contributed by atoms with Crippen molar-refractivity contribution in [3.8, 4) is 11.5 Å². The SMILES string of the molecule is O=C(Nc1ccccc1Oc1ccccc1)[C@H]1CCCN(S(=O)(=O)Cc2c(Cl)cccc2Cl)C1. The summed E-state index contributed by atoms with van der Waals surface area (Å²) in [6.07, 6.45) is 1.17. The molecule has 4 rings (SSSR count). The molecule has 1 aliphatic rings. The second kappa shape index (κ2) is 10.8. The van der Waals surface area contributed by atoms with E-state index in [0.717, 1.165) is 0 Å². The van der Waals surface area contributed by atoms with E-state index < -0.39 is 15.9 Å². The van der Waals surface area contributed by atoms with E-state index in [-0.39, 0.29) is 18.2 Å². The lowest BCUT2D eigenvalue weighted by molar-refractivity contribution is -0.120. The van der Waals surface area contributed by atoms with Crippen molar-refractivity contribution in [3.05, 3.63) is 88.4 Å². The summed E-state index contributed by atoms with van der Waals surface area (Å²) in [5.41, 5.74) is 0.892. The number of sulfonamides is 1. The van der Waals surface area contributed by atoms with Gasteiger partial charge in [0.1, 0.15) is 5.75 Å². The highest BCUT2D eigenvalue weighted by Crippen LogP contribution is 2.32. The van der Waals surface area contributed by atoms with Gasteiger partial charge in [-0.3, -0.25) is 4.79 Å². The first-order valence-electron chi connectivity index (χ1n) is 10.9. The van der Waals surface area contributed by atoms with Crippen molar-refractivity contribution in [2.24, 2.45) is 5.92 Å². The number of halogens is 2. The third-order valence-electron chi connectivity index (χ3n) is 5.65. The molecule has 3 aromatic carbocycles. The van der Waals surface area contributed by atoms with Gasteiger partial charge in [0.2, 0.25) is 15.9 Å². The number of carbonyl (C=O) groups excluding carboxylic acids is 1. The average Bonchev–Trinajstić information content (AvgIpc) is 2.83. The van der Waals surface area contributed by atoms with Crippen LogP contribution in [0.3, 0.4) is 0 Å². The highest BCUT2D eigenvalue weighted by molar-refractivity contribution is 7.88. The Bertz CT molecular complexity index is 1250. The molecular formula is C25H24Cl2N2O4S. The number of ether oxygens (including phenoxy) is 1. The third-order valence-corrected chi connectivity index (χ3v) is 8.13. The summed E-state index contributed by atoms with van der Waals surface area (Å²) in [5.74, 6) is 0.107. The van der Waals surface area contributed by atoms with E-state index in [0.29, 0.717) is 52.2 Å². The van der Waals surface area contributed by atoms with Crippen LogP contribution in [0, 0.1) is 5.92 Å². The zero-order valence-electron chi connectivity index (χ0n) is 18.3. The average molecular weight is 519 g/mol. The molecule has 1 saturated heterocycles. The summed E-state index contributed by atoms with van der Waals surface area (Å²) in [6, 6.07) is 21.3. The molecule has 1 amide bonds. The smallest absolute Gasteiger partial charge is 0.228 e. The lowest BCUT2D eigenvalue weighted by Crippen LogP contribution is -2.44. The molecule has 0 bridgehead atoms. The number of hydrogen-bond donors (Lipinski definition) is 1. The van der Waals surface area contributed by atoms with Crippen molar-refractivity contribution < 1.29 is 17.9 Å². The highest BCUT2D eigenvalue weighted by atomic mass is 35.5. The molecule has 0 aromatic heterocycles. The van der Waals surface area contributed by atoms with E-state index in [4.69, 9.17) is 27.9 Å². The van der Waals surface area contributed by atoms with Crippen molar-refractivity contribution in [1.29, 1.82) is 0 Å². The minimum absolute atomic E-state index is 0.0952. The zero-order chi connectivity index (χ0) is 24.1. The Morgan fingerprint density at radius 3 is 2.38 bits per heavy atom. The summed E-state index contributed by atoms with van der Waals surface area (Å²) < 4.78 is 33.5. The minimum atomic E-state index is -3.71. The topological polar surface area (TPSA) is 75.7 Å². The van der Waals surface area contributed by atoms with Gasteiger partial charge < -0.3 is 10.1 Å². The van der Waals surface area contributed by atoms with E-state index in [9.17, 15) is 13.2 Å². The molecule has 0 spiro atoms. The minimum Gasteiger partial charge on any atom is -0.455 e. The fourth-order valence-corrected chi connectivity index (χ4v) is 6.22. The molecule has 3 aromatic rings. The van der Waals surface area contributed by atoms with Crippen LogP contribution in [0.1, 0.15) is 18.4 Å². The summed E-state index contributed by atoms with van der Waals surface area (Å²) in [4.78, 5) is 13.1. The molecule has 1 heterocycles. The fourth-order valence-electron chi connectivity index (χ4n) is 3.86.